The largest absolute Gasteiger partial charge is 0.490 e. The van der Waals surface area contributed by atoms with E-state index in [1.807, 2.05) is 4.72 Å². The zero-order chi connectivity index (χ0) is 24.5. The van der Waals surface area contributed by atoms with Crippen LogP contribution in [0.5, 0.6) is 0 Å². The third-order valence-electron chi connectivity index (χ3n) is 4.62. The predicted molar refractivity (Wildman–Crippen MR) is 123 cm³/mol. The van der Waals surface area contributed by atoms with Gasteiger partial charge in [-0.05, 0) is 53.9 Å². The van der Waals surface area contributed by atoms with E-state index in [0.29, 0.717) is 33.5 Å². The molecule has 0 aliphatic carbocycles. The second-order valence-electron chi connectivity index (χ2n) is 7.00. The van der Waals surface area contributed by atoms with Crippen molar-refractivity contribution in [3.8, 4) is 23.0 Å². The molecule has 4 aromatic rings. The smallest absolute Gasteiger partial charge is 0.331 e. The fourth-order valence-electron chi connectivity index (χ4n) is 3.11. The van der Waals surface area contributed by atoms with Gasteiger partial charge in [0.1, 0.15) is 0 Å². The fourth-order valence-corrected chi connectivity index (χ4v) is 4.33. The fraction of sp³-hybridized carbons (Fsp3) is 0.0455. The number of halogens is 3. The van der Waals surface area contributed by atoms with Crippen molar-refractivity contribution in [3.63, 3.8) is 0 Å². The summed E-state index contributed by atoms with van der Waals surface area (Å²) in [7, 11) is -7.11. The number of nitrogens with one attached hydrogen (secondary N) is 2. The molecule has 174 valence electrons. The lowest BCUT2D eigenvalue weighted by Crippen LogP contribution is -2.22. The molecule has 0 aliphatic heterocycles. The molecule has 7 nitrogen and oxygen atoms in total. The van der Waals surface area contributed by atoms with Crippen LogP contribution in [0.4, 0.5) is 18.9 Å². The number of rotatable bonds is 4. The summed E-state index contributed by atoms with van der Waals surface area (Å²) in [6.45, 7) is 0. The second-order valence-corrected chi connectivity index (χ2v) is 9.74. The van der Waals surface area contributed by atoms with Gasteiger partial charge in [-0.1, -0.05) is 30.2 Å². The summed E-state index contributed by atoms with van der Waals surface area (Å²) in [6.07, 6.45) is 0. The van der Waals surface area contributed by atoms with Crippen molar-refractivity contribution in [2.45, 2.75) is 10.4 Å². The average molecular weight is 505 g/mol. The van der Waals surface area contributed by atoms with E-state index in [4.69, 9.17) is 5.14 Å². The van der Waals surface area contributed by atoms with E-state index in [2.05, 4.69) is 21.8 Å². The summed E-state index contributed by atoms with van der Waals surface area (Å²) in [5.41, 5.74) is -2.01. The van der Waals surface area contributed by atoms with Crippen LogP contribution in [0.3, 0.4) is 0 Å². The number of benzene rings is 3. The number of hydrogen-bond donors (Lipinski definition) is 3. The van der Waals surface area contributed by atoms with E-state index in [1.165, 1.54) is 30.3 Å². The number of aromatic amines is 1. The van der Waals surface area contributed by atoms with Crippen LogP contribution in [0.1, 0.15) is 11.4 Å². The van der Waals surface area contributed by atoms with E-state index in [9.17, 15) is 25.8 Å². The van der Waals surface area contributed by atoms with Crippen LogP contribution < -0.4 is 9.86 Å². The van der Waals surface area contributed by atoms with Crippen LogP contribution in [0, 0.1) is 11.8 Å². The molecule has 4 N–H and O–H groups in total. The topological polar surface area (TPSA) is 118 Å². The van der Waals surface area contributed by atoms with Gasteiger partial charge in [0, 0.05) is 16.8 Å². The maximum absolute atomic E-state index is 12.4. The number of anilines is 1. The summed E-state index contributed by atoms with van der Waals surface area (Å²) in [4.78, 5) is 7.42. The Hall–Kier alpha value is -3.66. The van der Waals surface area contributed by atoms with Crippen molar-refractivity contribution in [1.29, 1.82) is 0 Å². The number of aromatic nitrogens is 2. The van der Waals surface area contributed by atoms with Crippen LogP contribution in [-0.2, 0) is 21.0 Å². The Morgan fingerprint density at radius 3 is 2.38 bits per heavy atom. The Labute approximate surface area is 194 Å². The van der Waals surface area contributed by atoms with Crippen molar-refractivity contribution in [2.24, 2.45) is 5.14 Å². The van der Waals surface area contributed by atoms with Gasteiger partial charge in [0.25, 0.3) is 0 Å². The number of nitrogens with zero attached hydrogens (tertiary/aromatic N) is 1. The Morgan fingerprint density at radius 2 is 1.71 bits per heavy atom. The summed E-state index contributed by atoms with van der Waals surface area (Å²) in [5, 5.41) is 5.32. The van der Waals surface area contributed by atoms with Gasteiger partial charge in [0.2, 0.25) is 21.0 Å². The minimum Gasteiger partial charge on any atom is -0.331 e. The molecule has 0 saturated carbocycles. The molecule has 1 unspecified atom stereocenters. The minimum atomic E-state index is -4.86. The van der Waals surface area contributed by atoms with E-state index < -0.39 is 26.5 Å². The zero-order valence-electron chi connectivity index (χ0n) is 17.1. The van der Waals surface area contributed by atoms with Crippen LogP contribution in [-0.4, -0.2) is 28.1 Å². The van der Waals surface area contributed by atoms with Crippen molar-refractivity contribution in [2.75, 3.05) is 4.72 Å². The molecule has 0 fully saturated rings. The molecule has 1 heterocycles. The second kappa shape index (κ2) is 8.94. The molecule has 3 aromatic carbocycles. The van der Waals surface area contributed by atoms with Gasteiger partial charge in [-0.3, -0.25) is 4.72 Å². The zero-order valence-corrected chi connectivity index (χ0v) is 18.7. The molecule has 0 amide bonds. The minimum absolute atomic E-state index is 0.00545. The first kappa shape index (κ1) is 23.5. The average Bonchev–Trinajstić information content (AvgIpc) is 3.19. The molecular formula is C22H15F3N4O3S2. The maximum Gasteiger partial charge on any atom is 0.490 e. The van der Waals surface area contributed by atoms with Crippen LogP contribution in [0.25, 0.3) is 22.2 Å². The number of imidazole rings is 1. The Morgan fingerprint density at radius 1 is 1.00 bits per heavy atom. The van der Waals surface area contributed by atoms with Crippen molar-refractivity contribution < 1.29 is 25.8 Å². The number of alkyl halides is 3. The molecule has 0 bridgehead atoms. The Balaban J connectivity index is 1.58. The molecule has 34 heavy (non-hydrogen) atoms. The van der Waals surface area contributed by atoms with Crippen molar-refractivity contribution in [3.05, 3.63) is 78.1 Å². The Bertz CT molecular complexity index is 1570. The van der Waals surface area contributed by atoms with Crippen molar-refractivity contribution >= 4 is 37.7 Å². The molecule has 0 saturated heterocycles. The highest BCUT2D eigenvalue weighted by Gasteiger charge is 2.37. The van der Waals surface area contributed by atoms with Gasteiger partial charge in [-0.25, -0.2) is 22.7 Å². The number of hydrogen-bond acceptors (Lipinski definition) is 4. The van der Waals surface area contributed by atoms with Gasteiger partial charge in [-0.2, -0.15) is 13.2 Å². The van der Waals surface area contributed by atoms with E-state index in [-0.39, 0.29) is 10.6 Å². The normalized spacial score (nSPS) is 12.7. The monoisotopic (exact) mass is 504 g/mol. The van der Waals surface area contributed by atoms with E-state index in [0.717, 1.165) is 0 Å². The lowest BCUT2D eigenvalue weighted by Gasteiger charge is -2.08. The molecule has 12 heteroatoms. The maximum atomic E-state index is 12.4. The molecule has 0 radical (unpaired) electrons. The molecule has 4 rings (SSSR count). The van der Waals surface area contributed by atoms with Crippen LogP contribution in [0.2, 0.25) is 0 Å². The van der Waals surface area contributed by atoms with Gasteiger partial charge < -0.3 is 4.98 Å². The van der Waals surface area contributed by atoms with E-state index in [1.54, 1.807) is 36.4 Å². The molecule has 1 aromatic heterocycles. The number of sulfonamides is 1. The Kier molecular flexibility index (Phi) is 6.18. The predicted octanol–water partition coefficient (Wildman–Crippen LogP) is 3.87. The SMILES string of the molecule is NS(=O)(=O)c1ccccc1-c1ccc2nc(C#Cc3ccc(NS(=O)C(F)(F)F)cc3)[nH]c2c1. The summed E-state index contributed by atoms with van der Waals surface area (Å²) < 4.78 is 73.9. The molecule has 0 spiro atoms. The quantitative estimate of drug-likeness (QED) is 0.366. The van der Waals surface area contributed by atoms with Gasteiger partial charge in [0.15, 0.2) is 5.82 Å². The highest BCUT2D eigenvalue weighted by atomic mass is 32.2. The highest BCUT2D eigenvalue weighted by molar-refractivity contribution is 7.89. The molecule has 1 atom stereocenters. The van der Waals surface area contributed by atoms with Crippen LogP contribution in [0.15, 0.2) is 71.6 Å². The lowest BCUT2D eigenvalue weighted by molar-refractivity contribution is -0.0379. The number of H-pyrrole nitrogens is 1. The first-order chi connectivity index (χ1) is 16.0. The lowest BCUT2D eigenvalue weighted by atomic mass is 10.1. The number of fused-ring (bicyclic) bond motifs is 1. The highest BCUT2D eigenvalue weighted by Crippen LogP contribution is 2.28. The summed E-state index contributed by atoms with van der Waals surface area (Å²) in [6, 6.07) is 17.2. The first-order valence-corrected chi connectivity index (χ1v) is 12.2. The molecular weight excluding hydrogens is 489 g/mol. The van der Waals surface area contributed by atoms with Gasteiger partial charge in [0.05, 0.1) is 15.9 Å². The number of primary sulfonamides is 1. The summed E-state index contributed by atoms with van der Waals surface area (Å²) >= 11 is 0. The van der Waals surface area contributed by atoms with Gasteiger partial charge >= 0.3 is 5.51 Å². The first-order valence-electron chi connectivity index (χ1n) is 9.50. The standard InChI is InChI=1S/C22H15F3N4O3S2/c23-22(24,25)33(30)29-16-9-5-14(6-10-16)7-12-21-27-18-11-8-15(13-19(18)28-21)17-3-1-2-4-20(17)34(26,31)32/h1-6,8-11,13,29H,(H,27,28)(H2,26,31,32). The van der Waals surface area contributed by atoms with Gasteiger partial charge in [-0.15, -0.1) is 0 Å². The molecule has 0 aliphatic rings. The number of nitrogens with two attached hydrogens (primary N) is 1. The third-order valence-corrected chi connectivity index (χ3v) is 6.43. The summed E-state index contributed by atoms with van der Waals surface area (Å²) in [5.74, 6) is 6.02. The van der Waals surface area contributed by atoms with Crippen molar-refractivity contribution in [1.82, 2.24) is 9.97 Å². The van der Waals surface area contributed by atoms with E-state index >= 15 is 0 Å². The third kappa shape index (κ3) is 5.28. The van der Waals surface area contributed by atoms with Crippen LogP contribution >= 0.6 is 0 Å².